The number of carbonyl (C=O) groups excluding carboxylic acids is 1. The molecule has 3 nitrogen and oxygen atoms in total. The van der Waals surface area contributed by atoms with Crippen molar-refractivity contribution in [1.82, 2.24) is 5.32 Å². The molecule has 5 heteroatoms. The van der Waals surface area contributed by atoms with Crippen molar-refractivity contribution in [3.63, 3.8) is 0 Å². The molecule has 0 saturated carbocycles. The van der Waals surface area contributed by atoms with E-state index in [0.717, 1.165) is 19.4 Å². The molecule has 1 amide bonds. The van der Waals surface area contributed by atoms with E-state index >= 15 is 0 Å². The van der Waals surface area contributed by atoms with E-state index in [4.69, 9.17) is 0 Å². The van der Waals surface area contributed by atoms with E-state index in [1.54, 1.807) is 6.07 Å². The third kappa shape index (κ3) is 2.80. The van der Waals surface area contributed by atoms with E-state index in [9.17, 15) is 9.18 Å². The van der Waals surface area contributed by atoms with Crippen LogP contribution < -0.4 is 10.6 Å². The van der Waals surface area contributed by atoms with Gasteiger partial charge in [-0.1, -0.05) is 15.9 Å². The van der Waals surface area contributed by atoms with Crippen LogP contribution in [0.1, 0.15) is 12.8 Å². The molecule has 1 aliphatic heterocycles. The van der Waals surface area contributed by atoms with Crippen LogP contribution in [0.4, 0.5) is 10.1 Å². The Morgan fingerprint density at radius 3 is 2.94 bits per heavy atom. The van der Waals surface area contributed by atoms with Crippen LogP contribution in [0.5, 0.6) is 0 Å². The van der Waals surface area contributed by atoms with Crippen molar-refractivity contribution in [2.75, 3.05) is 11.9 Å². The van der Waals surface area contributed by atoms with Crippen LogP contribution in [0.15, 0.2) is 22.7 Å². The Labute approximate surface area is 102 Å². The van der Waals surface area contributed by atoms with Crippen molar-refractivity contribution in [2.24, 2.45) is 0 Å². The second-order valence-electron chi connectivity index (χ2n) is 3.80. The SMILES string of the molecule is O=C(Nc1cc(F)cc(Br)c1)C1CCCN1. The molecule has 0 aromatic heterocycles. The van der Waals surface area contributed by atoms with Crippen molar-refractivity contribution in [2.45, 2.75) is 18.9 Å². The van der Waals surface area contributed by atoms with E-state index < -0.39 is 0 Å². The molecule has 1 aromatic rings. The van der Waals surface area contributed by atoms with Crippen molar-refractivity contribution in [3.05, 3.63) is 28.5 Å². The molecule has 2 N–H and O–H groups in total. The summed E-state index contributed by atoms with van der Waals surface area (Å²) < 4.78 is 13.7. The maximum absolute atomic E-state index is 13.1. The summed E-state index contributed by atoms with van der Waals surface area (Å²) in [7, 11) is 0. The highest BCUT2D eigenvalue weighted by molar-refractivity contribution is 9.10. The van der Waals surface area contributed by atoms with Gasteiger partial charge in [0.05, 0.1) is 6.04 Å². The monoisotopic (exact) mass is 286 g/mol. The van der Waals surface area contributed by atoms with E-state index in [0.29, 0.717) is 10.2 Å². The molecule has 1 aromatic carbocycles. The molecular formula is C11H12BrFN2O. The number of carbonyl (C=O) groups is 1. The van der Waals surface area contributed by atoms with Crippen LogP contribution in [-0.4, -0.2) is 18.5 Å². The number of benzene rings is 1. The van der Waals surface area contributed by atoms with Crippen LogP contribution in [0, 0.1) is 5.82 Å². The number of anilines is 1. The molecule has 1 aliphatic rings. The minimum Gasteiger partial charge on any atom is -0.325 e. The number of halogens is 2. The Bertz CT molecular complexity index is 385. The van der Waals surface area contributed by atoms with Crippen LogP contribution >= 0.6 is 15.9 Å². The Hall–Kier alpha value is -0.940. The minimum absolute atomic E-state index is 0.102. The van der Waals surface area contributed by atoms with E-state index in [1.165, 1.54) is 12.1 Å². The van der Waals surface area contributed by atoms with Crippen LogP contribution in [-0.2, 0) is 4.79 Å². The van der Waals surface area contributed by atoms with Gasteiger partial charge in [0, 0.05) is 10.2 Å². The highest BCUT2D eigenvalue weighted by Gasteiger charge is 2.21. The summed E-state index contributed by atoms with van der Waals surface area (Å²) in [6, 6.07) is 4.18. The van der Waals surface area contributed by atoms with Gasteiger partial charge in [-0.3, -0.25) is 4.79 Å². The first-order chi connectivity index (χ1) is 7.65. The van der Waals surface area contributed by atoms with Gasteiger partial charge in [-0.05, 0) is 37.6 Å². The predicted octanol–water partition coefficient (Wildman–Crippen LogP) is 2.28. The van der Waals surface area contributed by atoms with E-state index in [1.807, 2.05) is 0 Å². The molecule has 1 fully saturated rings. The lowest BCUT2D eigenvalue weighted by Gasteiger charge is -2.11. The van der Waals surface area contributed by atoms with Gasteiger partial charge in [-0.25, -0.2) is 4.39 Å². The molecular weight excluding hydrogens is 275 g/mol. The topological polar surface area (TPSA) is 41.1 Å². The molecule has 0 aliphatic carbocycles. The summed E-state index contributed by atoms with van der Waals surface area (Å²) in [5, 5.41) is 5.78. The lowest BCUT2D eigenvalue weighted by molar-refractivity contribution is -0.117. The summed E-state index contributed by atoms with van der Waals surface area (Å²) in [6.45, 7) is 0.866. The molecule has 0 radical (unpaired) electrons. The lowest BCUT2D eigenvalue weighted by Crippen LogP contribution is -2.35. The molecule has 1 atom stereocenters. The largest absolute Gasteiger partial charge is 0.325 e. The van der Waals surface area contributed by atoms with Gasteiger partial charge in [0.15, 0.2) is 0 Å². The molecule has 16 heavy (non-hydrogen) atoms. The maximum atomic E-state index is 13.1. The highest BCUT2D eigenvalue weighted by Crippen LogP contribution is 2.19. The minimum atomic E-state index is -0.371. The molecule has 1 unspecified atom stereocenters. The van der Waals surface area contributed by atoms with Gasteiger partial charge in [-0.2, -0.15) is 0 Å². The third-order valence-corrected chi connectivity index (χ3v) is 2.96. The summed E-state index contributed by atoms with van der Waals surface area (Å²) >= 11 is 3.18. The number of rotatable bonds is 2. The van der Waals surface area contributed by atoms with Gasteiger partial charge in [-0.15, -0.1) is 0 Å². The van der Waals surface area contributed by atoms with Crippen LogP contribution in [0.2, 0.25) is 0 Å². The second-order valence-corrected chi connectivity index (χ2v) is 4.71. The second kappa shape index (κ2) is 4.93. The summed E-state index contributed by atoms with van der Waals surface area (Å²) in [5.74, 6) is -0.473. The summed E-state index contributed by atoms with van der Waals surface area (Å²) in [4.78, 5) is 11.7. The Morgan fingerprint density at radius 1 is 1.50 bits per heavy atom. The number of hydrogen-bond acceptors (Lipinski definition) is 2. The Morgan fingerprint density at radius 2 is 2.31 bits per heavy atom. The van der Waals surface area contributed by atoms with E-state index in [-0.39, 0.29) is 17.8 Å². The van der Waals surface area contributed by atoms with Gasteiger partial charge in [0.2, 0.25) is 5.91 Å². The maximum Gasteiger partial charge on any atom is 0.241 e. The third-order valence-electron chi connectivity index (χ3n) is 2.51. The molecule has 0 bridgehead atoms. The standard InChI is InChI=1S/C11H12BrFN2O/c12-7-4-8(13)6-9(5-7)15-11(16)10-2-1-3-14-10/h4-6,10,14H,1-3H2,(H,15,16). The first-order valence-electron chi connectivity index (χ1n) is 5.15. The molecule has 0 spiro atoms. The lowest BCUT2D eigenvalue weighted by atomic mass is 10.2. The zero-order valence-corrected chi connectivity index (χ0v) is 10.2. The summed E-state index contributed by atoms with van der Waals surface area (Å²) in [6.07, 6.45) is 1.84. The average Bonchev–Trinajstić information content (AvgIpc) is 2.68. The van der Waals surface area contributed by atoms with Crippen LogP contribution in [0.3, 0.4) is 0 Å². The number of hydrogen-bond donors (Lipinski definition) is 2. The van der Waals surface area contributed by atoms with Gasteiger partial charge < -0.3 is 10.6 Å². The molecule has 86 valence electrons. The Balaban J connectivity index is 2.05. The van der Waals surface area contributed by atoms with Crippen molar-refractivity contribution in [1.29, 1.82) is 0 Å². The van der Waals surface area contributed by atoms with Gasteiger partial charge >= 0.3 is 0 Å². The zero-order chi connectivity index (χ0) is 11.5. The van der Waals surface area contributed by atoms with Gasteiger partial charge in [0.1, 0.15) is 5.82 Å². The fourth-order valence-electron chi connectivity index (χ4n) is 1.76. The zero-order valence-electron chi connectivity index (χ0n) is 8.59. The molecule has 1 heterocycles. The molecule has 2 rings (SSSR count). The van der Waals surface area contributed by atoms with E-state index in [2.05, 4.69) is 26.6 Å². The fraction of sp³-hybridized carbons (Fsp3) is 0.364. The first kappa shape index (κ1) is 11.5. The van der Waals surface area contributed by atoms with Gasteiger partial charge in [0.25, 0.3) is 0 Å². The quantitative estimate of drug-likeness (QED) is 0.876. The average molecular weight is 287 g/mol. The fourth-order valence-corrected chi connectivity index (χ4v) is 2.23. The van der Waals surface area contributed by atoms with Crippen molar-refractivity contribution >= 4 is 27.5 Å². The highest BCUT2D eigenvalue weighted by atomic mass is 79.9. The van der Waals surface area contributed by atoms with Crippen molar-refractivity contribution < 1.29 is 9.18 Å². The smallest absolute Gasteiger partial charge is 0.241 e. The number of nitrogens with one attached hydrogen (secondary N) is 2. The first-order valence-corrected chi connectivity index (χ1v) is 5.95. The van der Waals surface area contributed by atoms with Crippen LogP contribution in [0.25, 0.3) is 0 Å². The number of amides is 1. The summed E-state index contributed by atoms with van der Waals surface area (Å²) in [5.41, 5.74) is 0.477. The predicted molar refractivity (Wildman–Crippen MR) is 63.8 cm³/mol. The molecule has 1 saturated heterocycles. The normalized spacial score (nSPS) is 19.8. The Kier molecular flexibility index (Phi) is 3.56. The van der Waals surface area contributed by atoms with Crippen molar-refractivity contribution in [3.8, 4) is 0 Å².